The van der Waals surface area contributed by atoms with Crippen molar-refractivity contribution < 1.29 is 19.5 Å². The highest BCUT2D eigenvalue weighted by Gasteiger charge is 2.22. The molecule has 104 valence electrons. The summed E-state index contributed by atoms with van der Waals surface area (Å²) in [6, 6.07) is -1.12. The molecule has 0 saturated heterocycles. The molecule has 0 aromatic carbocycles. The van der Waals surface area contributed by atoms with E-state index in [9.17, 15) is 14.4 Å². The predicted molar refractivity (Wildman–Crippen MR) is 65.9 cm³/mol. The molecular formula is C11H21N3O4. The number of hydrogen-bond donors (Lipinski definition) is 3. The summed E-state index contributed by atoms with van der Waals surface area (Å²) in [5.41, 5.74) is 5.06. The highest BCUT2D eigenvalue weighted by atomic mass is 16.4. The van der Waals surface area contributed by atoms with E-state index >= 15 is 0 Å². The molecular weight excluding hydrogens is 238 g/mol. The van der Waals surface area contributed by atoms with Gasteiger partial charge in [0.05, 0.1) is 6.42 Å². The van der Waals surface area contributed by atoms with Gasteiger partial charge < -0.3 is 21.1 Å². The molecule has 18 heavy (non-hydrogen) atoms. The van der Waals surface area contributed by atoms with Gasteiger partial charge in [-0.3, -0.25) is 9.59 Å². The zero-order valence-corrected chi connectivity index (χ0v) is 11.0. The van der Waals surface area contributed by atoms with Gasteiger partial charge in [0.15, 0.2) is 0 Å². The third kappa shape index (κ3) is 6.07. The van der Waals surface area contributed by atoms with Gasteiger partial charge in [-0.1, -0.05) is 6.92 Å². The minimum Gasteiger partial charge on any atom is -0.481 e. The molecule has 0 rings (SSSR count). The molecule has 0 aliphatic heterocycles. The van der Waals surface area contributed by atoms with Gasteiger partial charge in [0.25, 0.3) is 0 Å². The minimum absolute atomic E-state index is 0.148. The summed E-state index contributed by atoms with van der Waals surface area (Å²) in [5, 5.41) is 11.3. The third-order valence-corrected chi connectivity index (χ3v) is 2.45. The van der Waals surface area contributed by atoms with E-state index < -0.39 is 23.9 Å². The first kappa shape index (κ1) is 16.2. The molecule has 1 atom stereocenters. The standard InChI is InChI=1S/C11H21N3O4/c1-4-8(5-10(16)17)13-11(18)14(7(2)3)6-9(12)15/h7-8H,4-6H2,1-3H3,(H2,12,15)(H,13,18)(H,16,17). The molecule has 1 unspecified atom stereocenters. The highest BCUT2D eigenvalue weighted by Crippen LogP contribution is 2.03. The summed E-state index contributed by atoms with van der Waals surface area (Å²) in [7, 11) is 0. The van der Waals surface area contributed by atoms with Crippen molar-refractivity contribution in [1.29, 1.82) is 0 Å². The first-order chi connectivity index (χ1) is 8.27. The molecule has 0 bridgehead atoms. The summed E-state index contributed by atoms with van der Waals surface area (Å²) >= 11 is 0. The lowest BCUT2D eigenvalue weighted by Crippen LogP contribution is -2.50. The Morgan fingerprint density at radius 1 is 1.33 bits per heavy atom. The van der Waals surface area contributed by atoms with Gasteiger partial charge in [0.1, 0.15) is 6.54 Å². The fourth-order valence-corrected chi connectivity index (χ4v) is 1.42. The van der Waals surface area contributed by atoms with Crippen molar-refractivity contribution in [2.75, 3.05) is 6.54 Å². The first-order valence-electron chi connectivity index (χ1n) is 5.85. The van der Waals surface area contributed by atoms with E-state index in [4.69, 9.17) is 10.8 Å². The molecule has 0 aromatic heterocycles. The van der Waals surface area contributed by atoms with Gasteiger partial charge in [0, 0.05) is 12.1 Å². The Hall–Kier alpha value is -1.79. The molecule has 0 fully saturated rings. The second kappa shape index (κ2) is 7.52. The Morgan fingerprint density at radius 3 is 2.22 bits per heavy atom. The van der Waals surface area contributed by atoms with Crippen LogP contribution in [-0.4, -0.2) is 46.5 Å². The van der Waals surface area contributed by atoms with Crippen LogP contribution in [0.2, 0.25) is 0 Å². The molecule has 0 heterocycles. The van der Waals surface area contributed by atoms with Gasteiger partial charge in [-0.05, 0) is 20.3 Å². The summed E-state index contributed by atoms with van der Waals surface area (Å²) in [6.07, 6.45) is 0.352. The molecule has 0 spiro atoms. The normalized spacial score (nSPS) is 12.0. The van der Waals surface area contributed by atoms with E-state index in [0.29, 0.717) is 6.42 Å². The zero-order valence-electron chi connectivity index (χ0n) is 11.0. The van der Waals surface area contributed by atoms with E-state index in [1.807, 2.05) is 0 Å². The van der Waals surface area contributed by atoms with Crippen LogP contribution in [0.15, 0.2) is 0 Å². The molecule has 0 saturated carbocycles. The van der Waals surface area contributed by atoms with Crippen LogP contribution < -0.4 is 11.1 Å². The number of carbonyl (C=O) groups is 3. The lowest BCUT2D eigenvalue weighted by Gasteiger charge is -2.27. The molecule has 0 aliphatic carbocycles. The van der Waals surface area contributed by atoms with Crippen LogP contribution in [0.25, 0.3) is 0 Å². The SMILES string of the molecule is CCC(CC(=O)O)NC(=O)N(CC(N)=O)C(C)C. The van der Waals surface area contributed by atoms with Gasteiger partial charge in [-0.2, -0.15) is 0 Å². The Morgan fingerprint density at radius 2 is 1.89 bits per heavy atom. The number of primary amides is 1. The Labute approximate surface area is 106 Å². The molecule has 0 aromatic rings. The molecule has 3 amide bonds. The zero-order chi connectivity index (χ0) is 14.3. The maximum absolute atomic E-state index is 11.9. The molecule has 7 nitrogen and oxygen atoms in total. The lowest BCUT2D eigenvalue weighted by atomic mass is 10.1. The second-order valence-electron chi connectivity index (χ2n) is 4.34. The monoisotopic (exact) mass is 259 g/mol. The average molecular weight is 259 g/mol. The smallest absolute Gasteiger partial charge is 0.318 e. The minimum atomic E-state index is -0.979. The van der Waals surface area contributed by atoms with Crippen molar-refractivity contribution in [3.63, 3.8) is 0 Å². The van der Waals surface area contributed by atoms with Gasteiger partial charge in [-0.25, -0.2) is 4.79 Å². The predicted octanol–water partition coefficient (Wildman–Crippen LogP) is 0.145. The van der Waals surface area contributed by atoms with Crippen LogP contribution in [-0.2, 0) is 9.59 Å². The number of nitrogens with one attached hydrogen (secondary N) is 1. The number of carboxylic acid groups (broad SMARTS) is 1. The van der Waals surface area contributed by atoms with Gasteiger partial charge >= 0.3 is 12.0 Å². The van der Waals surface area contributed by atoms with Crippen molar-refractivity contribution in [2.45, 2.75) is 45.7 Å². The maximum atomic E-state index is 11.9. The number of aliphatic carboxylic acids is 1. The van der Waals surface area contributed by atoms with Crippen molar-refractivity contribution in [3.05, 3.63) is 0 Å². The third-order valence-electron chi connectivity index (χ3n) is 2.45. The van der Waals surface area contributed by atoms with Crippen molar-refractivity contribution in [2.24, 2.45) is 5.73 Å². The van der Waals surface area contributed by atoms with E-state index in [2.05, 4.69) is 5.32 Å². The topological polar surface area (TPSA) is 113 Å². The molecule has 4 N–H and O–H groups in total. The van der Waals surface area contributed by atoms with Crippen LogP contribution >= 0.6 is 0 Å². The van der Waals surface area contributed by atoms with Crippen LogP contribution in [0.1, 0.15) is 33.6 Å². The highest BCUT2D eigenvalue weighted by molar-refractivity contribution is 5.83. The van der Waals surface area contributed by atoms with Crippen molar-refractivity contribution in [3.8, 4) is 0 Å². The van der Waals surface area contributed by atoms with Crippen LogP contribution in [0, 0.1) is 0 Å². The number of rotatable bonds is 7. The molecule has 0 aliphatic rings. The van der Waals surface area contributed by atoms with E-state index in [-0.39, 0.29) is 19.0 Å². The fraction of sp³-hybridized carbons (Fsp3) is 0.727. The summed E-state index contributed by atoms with van der Waals surface area (Å²) in [5.74, 6) is -1.58. The summed E-state index contributed by atoms with van der Waals surface area (Å²) in [6.45, 7) is 5.09. The molecule has 0 radical (unpaired) electrons. The van der Waals surface area contributed by atoms with E-state index in [1.54, 1.807) is 20.8 Å². The van der Waals surface area contributed by atoms with Crippen LogP contribution in [0.3, 0.4) is 0 Å². The second-order valence-corrected chi connectivity index (χ2v) is 4.34. The van der Waals surface area contributed by atoms with Gasteiger partial charge in [-0.15, -0.1) is 0 Å². The number of nitrogens with zero attached hydrogens (tertiary/aromatic N) is 1. The van der Waals surface area contributed by atoms with Crippen molar-refractivity contribution in [1.82, 2.24) is 10.2 Å². The van der Waals surface area contributed by atoms with Crippen LogP contribution in [0.5, 0.6) is 0 Å². The van der Waals surface area contributed by atoms with E-state index in [0.717, 1.165) is 0 Å². The number of hydrogen-bond acceptors (Lipinski definition) is 3. The fourth-order valence-electron chi connectivity index (χ4n) is 1.42. The summed E-state index contributed by atoms with van der Waals surface area (Å²) in [4.78, 5) is 34.6. The Kier molecular flexibility index (Phi) is 6.77. The quantitative estimate of drug-likeness (QED) is 0.603. The Balaban J connectivity index is 4.57. The maximum Gasteiger partial charge on any atom is 0.318 e. The van der Waals surface area contributed by atoms with Crippen molar-refractivity contribution >= 4 is 17.9 Å². The lowest BCUT2D eigenvalue weighted by molar-refractivity contribution is -0.137. The number of urea groups is 1. The van der Waals surface area contributed by atoms with E-state index in [1.165, 1.54) is 4.90 Å². The van der Waals surface area contributed by atoms with Gasteiger partial charge in [0.2, 0.25) is 5.91 Å². The number of amides is 3. The number of carboxylic acids is 1. The molecule has 7 heteroatoms. The Bertz CT molecular complexity index is 317. The van der Waals surface area contributed by atoms with Crippen LogP contribution in [0.4, 0.5) is 4.79 Å². The largest absolute Gasteiger partial charge is 0.481 e. The average Bonchev–Trinajstić information content (AvgIpc) is 2.23. The summed E-state index contributed by atoms with van der Waals surface area (Å²) < 4.78 is 0. The number of carbonyl (C=O) groups excluding carboxylic acids is 2. The first-order valence-corrected chi connectivity index (χ1v) is 5.85. The number of nitrogens with two attached hydrogens (primary N) is 1.